The molecule has 0 heterocycles. The molecule has 19 heavy (non-hydrogen) atoms. The smallest absolute Gasteiger partial charge is 0.0161 e. The second kappa shape index (κ2) is 7.69. The Morgan fingerprint density at radius 3 is 2.47 bits per heavy atom. The maximum absolute atomic E-state index is 2.52. The van der Waals surface area contributed by atoms with Gasteiger partial charge in [0.05, 0.1) is 0 Å². The van der Waals surface area contributed by atoms with E-state index in [0.29, 0.717) is 12.0 Å². The summed E-state index contributed by atoms with van der Waals surface area (Å²) in [7, 11) is 2.27. The molecule has 1 heteroatoms. The summed E-state index contributed by atoms with van der Waals surface area (Å²) in [5.41, 5.74) is 3.08. The summed E-state index contributed by atoms with van der Waals surface area (Å²) in [6, 6.07) is 0.669. The molecular formula is C18H31N. The van der Waals surface area contributed by atoms with Crippen molar-refractivity contribution in [2.24, 2.45) is 11.8 Å². The van der Waals surface area contributed by atoms with E-state index in [-0.39, 0.29) is 0 Å². The Morgan fingerprint density at radius 1 is 1.26 bits per heavy atom. The van der Waals surface area contributed by atoms with Crippen LogP contribution in [0.25, 0.3) is 0 Å². The van der Waals surface area contributed by atoms with E-state index >= 15 is 0 Å². The zero-order valence-electron chi connectivity index (χ0n) is 13.6. The van der Waals surface area contributed by atoms with E-state index in [0.717, 1.165) is 12.5 Å². The first-order valence-electron chi connectivity index (χ1n) is 7.73. The molecule has 1 nitrogen and oxygen atoms in total. The van der Waals surface area contributed by atoms with Gasteiger partial charge in [0, 0.05) is 6.04 Å². The van der Waals surface area contributed by atoms with E-state index < -0.39 is 0 Å². The molecule has 1 aliphatic carbocycles. The number of hydrogen-bond acceptors (Lipinski definition) is 1. The summed E-state index contributed by atoms with van der Waals surface area (Å²) in [6.07, 6.45) is 11.5. The fourth-order valence-electron chi connectivity index (χ4n) is 3.31. The molecule has 0 aromatic rings. The monoisotopic (exact) mass is 261 g/mol. The van der Waals surface area contributed by atoms with Gasteiger partial charge in [-0.2, -0.15) is 0 Å². The molecule has 108 valence electrons. The van der Waals surface area contributed by atoms with Crippen molar-refractivity contribution in [3.63, 3.8) is 0 Å². The lowest BCUT2D eigenvalue weighted by molar-refractivity contribution is 0.186. The molecule has 0 amide bonds. The van der Waals surface area contributed by atoms with E-state index in [4.69, 9.17) is 0 Å². The Kier molecular flexibility index (Phi) is 6.57. The zero-order valence-corrected chi connectivity index (χ0v) is 13.6. The maximum Gasteiger partial charge on any atom is 0.0161 e. The van der Waals surface area contributed by atoms with Crippen molar-refractivity contribution in [3.8, 4) is 0 Å². The van der Waals surface area contributed by atoms with Gasteiger partial charge in [0.1, 0.15) is 0 Å². The van der Waals surface area contributed by atoms with Crippen molar-refractivity contribution in [1.82, 2.24) is 4.90 Å². The van der Waals surface area contributed by atoms with Crippen molar-refractivity contribution in [2.75, 3.05) is 13.6 Å². The Morgan fingerprint density at radius 2 is 1.95 bits per heavy atom. The molecular weight excluding hydrogens is 230 g/mol. The summed E-state index contributed by atoms with van der Waals surface area (Å²) >= 11 is 0. The average molecular weight is 261 g/mol. The standard InChI is InChI=1S/C18H31N/c1-7-10-11-16-12-14(4)13-18(19(6)9-3)15(5)17(16)8-2/h7-8,10-11,14-15,18H,9,12-13H2,1-6H3/b10-7-,16-11-,17-8-. The van der Waals surface area contributed by atoms with Gasteiger partial charge in [-0.1, -0.05) is 45.1 Å². The van der Waals surface area contributed by atoms with E-state index in [1.165, 1.54) is 18.4 Å². The molecule has 0 saturated heterocycles. The molecule has 1 fully saturated rings. The van der Waals surface area contributed by atoms with Crippen molar-refractivity contribution in [2.45, 2.75) is 53.5 Å². The molecule has 1 saturated carbocycles. The largest absolute Gasteiger partial charge is 0.303 e. The third-order valence-electron chi connectivity index (χ3n) is 4.52. The first-order chi connectivity index (χ1) is 9.04. The number of allylic oxidation sites excluding steroid dienone is 5. The lowest BCUT2D eigenvalue weighted by Gasteiger charge is -2.32. The van der Waals surface area contributed by atoms with E-state index in [1.54, 1.807) is 5.57 Å². The number of hydrogen-bond donors (Lipinski definition) is 0. The van der Waals surface area contributed by atoms with Crippen LogP contribution in [0.1, 0.15) is 47.5 Å². The third-order valence-corrected chi connectivity index (χ3v) is 4.52. The van der Waals surface area contributed by atoms with Crippen LogP contribution in [0.3, 0.4) is 0 Å². The van der Waals surface area contributed by atoms with Crippen molar-refractivity contribution < 1.29 is 0 Å². The highest BCUT2D eigenvalue weighted by Crippen LogP contribution is 2.37. The predicted octanol–water partition coefficient (Wildman–Crippen LogP) is 4.82. The van der Waals surface area contributed by atoms with Crippen LogP contribution in [-0.4, -0.2) is 24.5 Å². The molecule has 3 atom stereocenters. The maximum atomic E-state index is 2.52. The molecule has 0 radical (unpaired) electrons. The molecule has 0 N–H and O–H groups in total. The number of nitrogens with zero attached hydrogens (tertiary/aromatic N) is 1. The van der Waals surface area contributed by atoms with Gasteiger partial charge >= 0.3 is 0 Å². The van der Waals surface area contributed by atoms with Gasteiger partial charge in [0.2, 0.25) is 0 Å². The van der Waals surface area contributed by atoms with Gasteiger partial charge in [-0.05, 0) is 63.3 Å². The molecule has 0 aromatic carbocycles. The quantitative estimate of drug-likeness (QED) is 0.658. The highest BCUT2D eigenvalue weighted by atomic mass is 15.1. The summed E-state index contributed by atoms with van der Waals surface area (Å²) in [5.74, 6) is 1.38. The van der Waals surface area contributed by atoms with Gasteiger partial charge in [-0.3, -0.25) is 0 Å². The van der Waals surface area contributed by atoms with Crippen LogP contribution in [0.2, 0.25) is 0 Å². The highest BCUT2D eigenvalue weighted by Gasteiger charge is 2.30. The first-order valence-corrected chi connectivity index (χ1v) is 7.73. The molecule has 0 bridgehead atoms. The highest BCUT2D eigenvalue weighted by molar-refractivity contribution is 5.37. The third kappa shape index (κ3) is 4.07. The molecule has 0 aromatic heterocycles. The molecule has 0 spiro atoms. The fraction of sp³-hybridized carbons (Fsp3) is 0.667. The van der Waals surface area contributed by atoms with Crippen molar-refractivity contribution in [1.29, 1.82) is 0 Å². The van der Waals surface area contributed by atoms with Gasteiger partial charge in [-0.25, -0.2) is 0 Å². The minimum absolute atomic E-state index is 0.622. The zero-order chi connectivity index (χ0) is 14.4. The van der Waals surface area contributed by atoms with Gasteiger partial charge < -0.3 is 4.90 Å². The summed E-state index contributed by atoms with van der Waals surface area (Å²) < 4.78 is 0. The fourth-order valence-corrected chi connectivity index (χ4v) is 3.31. The van der Waals surface area contributed by atoms with Crippen molar-refractivity contribution >= 4 is 0 Å². The lowest BCUT2D eigenvalue weighted by atomic mass is 9.88. The van der Waals surface area contributed by atoms with Gasteiger partial charge in [0.25, 0.3) is 0 Å². The molecule has 1 rings (SSSR count). The number of rotatable bonds is 3. The first kappa shape index (κ1) is 16.2. The molecule has 3 unspecified atom stereocenters. The molecule has 1 aliphatic rings. The lowest BCUT2D eigenvalue weighted by Crippen LogP contribution is -2.37. The summed E-state index contributed by atoms with van der Waals surface area (Å²) in [5, 5.41) is 0. The van der Waals surface area contributed by atoms with Crippen LogP contribution in [0.5, 0.6) is 0 Å². The van der Waals surface area contributed by atoms with Gasteiger partial charge in [-0.15, -0.1) is 0 Å². The van der Waals surface area contributed by atoms with Crippen LogP contribution in [0.15, 0.2) is 35.5 Å². The summed E-state index contributed by atoms with van der Waals surface area (Å²) in [4.78, 5) is 2.52. The van der Waals surface area contributed by atoms with Crippen LogP contribution in [0.4, 0.5) is 0 Å². The normalized spacial score (nSPS) is 33.5. The summed E-state index contributed by atoms with van der Waals surface area (Å²) in [6.45, 7) is 12.5. The average Bonchev–Trinajstić information content (AvgIpc) is 2.52. The van der Waals surface area contributed by atoms with Crippen LogP contribution in [0, 0.1) is 11.8 Å². The minimum atomic E-state index is 0.622. The van der Waals surface area contributed by atoms with E-state index in [9.17, 15) is 0 Å². The second-order valence-electron chi connectivity index (χ2n) is 5.94. The van der Waals surface area contributed by atoms with Crippen LogP contribution < -0.4 is 0 Å². The van der Waals surface area contributed by atoms with Crippen molar-refractivity contribution in [3.05, 3.63) is 35.5 Å². The second-order valence-corrected chi connectivity index (χ2v) is 5.94. The van der Waals surface area contributed by atoms with E-state index in [2.05, 4.69) is 70.9 Å². The Hall–Kier alpha value is -0.820. The van der Waals surface area contributed by atoms with Gasteiger partial charge in [0.15, 0.2) is 0 Å². The molecule has 0 aliphatic heterocycles. The Labute approximate surface area is 120 Å². The SMILES string of the molecule is C\C=C/C=C1/CC(C)CC(N(C)CC)C(C)/C1=C/C. The topological polar surface area (TPSA) is 3.24 Å². The predicted molar refractivity (Wildman–Crippen MR) is 86.3 cm³/mol. The minimum Gasteiger partial charge on any atom is -0.303 e. The Bertz CT molecular complexity index is 362. The van der Waals surface area contributed by atoms with Crippen LogP contribution in [-0.2, 0) is 0 Å². The Balaban J connectivity index is 3.10. The van der Waals surface area contributed by atoms with E-state index in [1.807, 2.05) is 0 Å². The van der Waals surface area contributed by atoms with Crippen LogP contribution >= 0.6 is 0 Å².